The summed E-state index contributed by atoms with van der Waals surface area (Å²) in [6.07, 6.45) is 58.1. The molecule has 264 valence electrons. The Morgan fingerprint density at radius 1 is 0.522 bits per heavy atom. The standard InChI is InChI=1S/C44H77NO/c1-5-7-9-11-13-15-17-19-21-23-25-27-29-31-33-35-38-44(41-43(42-46-44)37-40-45(3)4)39-36-34-32-30-28-26-24-22-20-18-16-14-12-10-8-6-2/h13-16,19-22,25-28,43H,5-12,17-18,23-24,29-42H2,1-4H3/b15-13-,16-14-,21-19-,22-20-,27-25-,28-26-. The molecule has 0 aromatic carbocycles. The van der Waals surface area contributed by atoms with Crippen molar-refractivity contribution >= 4 is 0 Å². The summed E-state index contributed by atoms with van der Waals surface area (Å²) in [5.41, 5.74) is 0.146. The molecule has 0 amide bonds. The fourth-order valence-electron chi connectivity index (χ4n) is 6.39. The van der Waals surface area contributed by atoms with Gasteiger partial charge in [-0.1, -0.05) is 138 Å². The maximum absolute atomic E-state index is 6.66. The van der Waals surface area contributed by atoms with Gasteiger partial charge in [0.25, 0.3) is 0 Å². The van der Waals surface area contributed by atoms with Crippen LogP contribution < -0.4 is 0 Å². The third kappa shape index (κ3) is 26.4. The third-order valence-corrected chi connectivity index (χ3v) is 9.31. The summed E-state index contributed by atoms with van der Waals surface area (Å²) >= 11 is 0. The van der Waals surface area contributed by atoms with E-state index >= 15 is 0 Å². The lowest BCUT2D eigenvalue weighted by molar-refractivity contribution is -0.0141. The lowest BCUT2D eigenvalue weighted by Gasteiger charge is -2.29. The molecule has 0 bridgehead atoms. The largest absolute Gasteiger partial charge is 0.375 e. The lowest BCUT2D eigenvalue weighted by Crippen LogP contribution is -2.28. The Labute approximate surface area is 288 Å². The van der Waals surface area contributed by atoms with Crippen molar-refractivity contribution in [2.24, 2.45) is 5.92 Å². The normalized spacial score (nSPS) is 17.3. The monoisotopic (exact) mass is 636 g/mol. The second-order valence-corrected chi connectivity index (χ2v) is 14.1. The molecule has 2 nitrogen and oxygen atoms in total. The molecular weight excluding hydrogens is 558 g/mol. The summed E-state index contributed by atoms with van der Waals surface area (Å²) in [4.78, 5) is 2.33. The zero-order chi connectivity index (χ0) is 33.2. The zero-order valence-electron chi connectivity index (χ0n) is 31.2. The third-order valence-electron chi connectivity index (χ3n) is 9.31. The number of ether oxygens (including phenoxy) is 1. The van der Waals surface area contributed by atoms with Crippen molar-refractivity contribution in [1.29, 1.82) is 0 Å². The van der Waals surface area contributed by atoms with Gasteiger partial charge in [-0.3, -0.25) is 0 Å². The first kappa shape index (κ1) is 42.4. The number of allylic oxidation sites excluding steroid dienone is 12. The van der Waals surface area contributed by atoms with Crippen molar-refractivity contribution in [1.82, 2.24) is 4.90 Å². The Morgan fingerprint density at radius 3 is 1.30 bits per heavy atom. The minimum atomic E-state index is 0.146. The van der Waals surface area contributed by atoms with E-state index < -0.39 is 0 Å². The summed E-state index contributed by atoms with van der Waals surface area (Å²) in [5.74, 6) is 0.738. The molecule has 0 radical (unpaired) electrons. The Bertz CT molecular complexity index is 775. The van der Waals surface area contributed by atoms with Gasteiger partial charge in [0.2, 0.25) is 0 Å². The number of hydrogen-bond acceptors (Lipinski definition) is 2. The van der Waals surface area contributed by atoms with E-state index in [0.717, 1.165) is 38.2 Å². The van der Waals surface area contributed by atoms with Crippen LogP contribution in [-0.4, -0.2) is 37.7 Å². The number of hydrogen-bond donors (Lipinski definition) is 0. The molecule has 1 unspecified atom stereocenters. The van der Waals surface area contributed by atoms with Gasteiger partial charge in [0, 0.05) is 0 Å². The quantitative estimate of drug-likeness (QED) is 0.0555. The maximum atomic E-state index is 6.66. The van der Waals surface area contributed by atoms with Gasteiger partial charge < -0.3 is 9.64 Å². The molecule has 1 aliphatic rings. The van der Waals surface area contributed by atoms with E-state index in [2.05, 4.69) is 106 Å². The average Bonchev–Trinajstić information content (AvgIpc) is 3.46. The van der Waals surface area contributed by atoms with Crippen LogP contribution in [0.3, 0.4) is 0 Å². The first-order chi connectivity index (χ1) is 22.6. The maximum Gasteiger partial charge on any atom is 0.0686 e. The molecule has 46 heavy (non-hydrogen) atoms. The summed E-state index contributed by atoms with van der Waals surface area (Å²) in [5, 5.41) is 0. The highest BCUT2D eigenvalue weighted by molar-refractivity contribution is 4.98. The van der Waals surface area contributed by atoms with E-state index in [1.807, 2.05) is 0 Å². The Kier molecular flexibility index (Phi) is 29.4. The molecule has 2 heteroatoms. The fourth-order valence-corrected chi connectivity index (χ4v) is 6.39. The van der Waals surface area contributed by atoms with Crippen molar-refractivity contribution in [3.05, 3.63) is 72.9 Å². The topological polar surface area (TPSA) is 12.5 Å². The molecule has 1 aliphatic heterocycles. The first-order valence-electron chi connectivity index (χ1n) is 19.8. The number of rotatable bonds is 31. The van der Waals surface area contributed by atoms with Gasteiger partial charge in [-0.2, -0.15) is 0 Å². The van der Waals surface area contributed by atoms with Crippen LogP contribution in [0.25, 0.3) is 0 Å². The van der Waals surface area contributed by atoms with Crippen LogP contribution in [0, 0.1) is 5.92 Å². The van der Waals surface area contributed by atoms with Gasteiger partial charge >= 0.3 is 0 Å². The second-order valence-electron chi connectivity index (χ2n) is 14.1. The van der Waals surface area contributed by atoms with E-state index in [9.17, 15) is 0 Å². The minimum Gasteiger partial charge on any atom is -0.375 e. The molecule has 0 aromatic heterocycles. The van der Waals surface area contributed by atoms with E-state index in [0.29, 0.717) is 0 Å². The summed E-state index contributed by atoms with van der Waals surface area (Å²) in [7, 11) is 4.39. The van der Waals surface area contributed by atoms with Crippen LogP contribution in [-0.2, 0) is 4.74 Å². The molecule has 1 fully saturated rings. The van der Waals surface area contributed by atoms with E-state index in [1.165, 1.54) is 135 Å². The van der Waals surface area contributed by atoms with Crippen LogP contribution in [0.15, 0.2) is 72.9 Å². The summed E-state index contributed by atoms with van der Waals surface area (Å²) < 4.78 is 6.66. The van der Waals surface area contributed by atoms with Gasteiger partial charge in [0.1, 0.15) is 0 Å². The minimum absolute atomic E-state index is 0.146. The van der Waals surface area contributed by atoms with Gasteiger partial charge in [-0.25, -0.2) is 0 Å². The SMILES string of the molecule is CCCCC/C=C\C/C=C\C/C=C\CCCCCC1(CCCCC/C=C\C/C=C\C/C=C\CCCCC)CC(CCN(C)C)CO1. The van der Waals surface area contributed by atoms with Crippen molar-refractivity contribution in [3.63, 3.8) is 0 Å². The lowest BCUT2D eigenvalue weighted by atomic mass is 9.83. The Hall–Kier alpha value is -1.64. The molecule has 0 aromatic rings. The predicted molar refractivity (Wildman–Crippen MR) is 208 cm³/mol. The van der Waals surface area contributed by atoms with Crippen LogP contribution in [0.1, 0.15) is 168 Å². The summed E-state index contributed by atoms with van der Waals surface area (Å²) in [6.45, 7) is 6.69. The van der Waals surface area contributed by atoms with Crippen molar-refractivity contribution in [2.75, 3.05) is 27.2 Å². The second kappa shape index (κ2) is 31.9. The highest BCUT2D eigenvalue weighted by Gasteiger charge is 2.39. The van der Waals surface area contributed by atoms with Crippen LogP contribution in [0.5, 0.6) is 0 Å². The average molecular weight is 636 g/mol. The van der Waals surface area contributed by atoms with E-state index in [4.69, 9.17) is 4.74 Å². The predicted octanol–water partition coefficient (Wildman–Crippen LogP) is 13.7. The number of unbranched alkanes of at least 4 members (excludes halogenated alkanes) is 12. The van der Waals surface area contributed by atoms with Crippen LogP contribution in [0.2, 0.25) is 0 Å². The highest BCUT2D eigenvalue weighted by atomic mass is 16.5. The van der Waals surface area contributed by atoms with Crippen molar-refractivity contribution in [2.45, 2.75) is 174 Å². The molecule has 1 rings (SSSR count). The van der Waals surface area contributed by atoms with Gasteiger partial charge in [0.15, 0.2) is 0 Å². The number of nitrogens with zero attached hydrogens (tertiary/aromatic N) is 1. The molecule has 0 N–H and O–H groups in total. The Morgan fingerprint density at radius 2 is 0.913 bits per heavy atom. The smallest absolute Gasteiger partial charge is 0.0686 e. The molecule has 0 spiro atoms. The van der Waals surface area contributed by atoms with E-state index in [1.54, 1.807) is 0 Å². The molecule has 1 saturated heterocycles. The Balaban J connectivity index is 2.24. The van der Waals surface area contributed by atoms with Gasteiger partial charge in [-0.15, -0.1) is 0 Å². The van der Waals surface area contributed by atoms with Crippen molar-refractivity contribution < 1.29 is 4.74 Å². The van der Waals surface area contributed by atoms with Crippen LogP contribution >= 0.6 is 0 Å². The fraction of sp³-hybridized carbons (Fsp3) is 0.727. The molecule has 0 aliphatic carbocycles. The molecule has 0 saturated carbocycles. The molecular formula is C44H77NO. The molecule has 1 atom stereocenters. The van der Waals surface area contributed by atoms with Gasteiger partial charge in [0.05, 0.1) is 12.2 Å². The first-order valence-corrected chi connectivity index (χ1v) is 19.8. The van der Waals surface area contributed by atoms with Gasteiger partial charge in [-0.05, 0) is 129 Å². The molecule has 1 heterocycles. The van der Waals surface area contributed by atoms with E-state index in [-0.39, 0.29) is 5.60 Å². The van der Waals surface area contributed by atoms with Crippen molar-refractivity contribution in [3.8, 4) is 0 Å². The highest BCUT2D eigenvalue weighted by Crippen LogP contribution is 2.40. The van der Waals surface area contributed by atoms with Crippen LogP contribution in [0.4, 0.5) is 0 Å². The summed E-state index contributed by atoms with van der Waals surface area (Å²) in [6, 6.07) is 0. The zero-order valence-corrected chi connectivity index (χ0v) is 31.2.